The summed E-state index contributed by atoms with van der Waals surface area (Å²) >= 11 is 3.06. The number of hydrogen-bond acceptors (Lipinski definition) is 4. The molecule has 0 spiro atoms. The Hall–Kier alpha value is -0.810. The number of rotatable bonds is 1. The lowest BCUT2D eigenvalue weighted by Gasteiger charge is -2.42. The summed E-state index contributed by atoms with van der Waals surface area (Å²) in [6, 6.07) is 5.00. The van der Waals surface area contributed by atoms with Gasteiger partial charge in [-0.25, -0.2) is 4.39 Å². The van der Waals surface area contributed by atoms with Crippen LogP contribution in [0, 0.1) is 17.1 Å². The van der Waals surface area contributed by atoms with E-state index in [9.17, 15) is 13.5 Å². The van der Waals surface area contributed by atoms with E-state index < -0.39 is 16.4 Å². The average molecular weight is 335 g/mol. The molecule has 1 fully saturated rings. The summed E-state index contributed by atoms with van der Waals surface area (Å²) in [5, 5.41) is 8.79. The minimum Gasteiger partial charge on any atom is -0.366 e. The van der Waals surface area contributed by atoms with Gasteiger partial charge in [-0.05, 0) is 28.1 Å². The zero-order valence-corrected chi connectivity index (χ0v) is 11.8. The molecule has 4 nitrogen and oxygen atoms in total. The van der Waals surface area contributed by atoms with Crippen molar-refractivity contribution in [3.63, 3.8) is 0 Å². The van der Waals surface area contributed by atoms with E-state index >= 15 is 0 Å². The van der Waals surface area contributed by atoms with E-state index in [1.54, 1.807) is 17.0 Å². The molecule has 0 saturated carbocycles. The third kappa shape index (κ3) is 2.62. The highest BCUT2D eigenvalue weighted by atomic mass is 79.9. The van der Waals surface area contributed by atoms with Crippen LogP contribution in [0.15, 0.2) is 16.6 Å². The predicted octanol–water partition coefficient (Wildman–Crippen LogP) is 3.03. The second kappa shape index (κ2) is 5.05. The number of benzene rings is 1. The summed E-state index contributed by atoms with van der Waals surface area (Å²) in [4.78, 5) is 1.76. The molecule has 1 aromatic rings. The van der Waals surface area contributed by atoms with Gasteiger partial charge in [-0.15, -0.1) is 0 Å². The van der Waals surface area contributed by atoms with Crippen LogP contribution in [0.2, 0.25) is 0 Å². The van der Waals surface area contributed by atoms with E-state index in [1.807, 2.05) is 6.07 Å². The van der Waals surface area contributed by atoms with Crippen molar-refractivity contribution in [1.29, 1.82) is 5.26 Å². The molecule has 1 aromatic carbocycles. The maximum Gasteiger partial charge on any atom is 0.161 e. The summed E-state index contributed by atoms with van der Waals surface area (Å²) in [6.07, 6.45) is 0. The highest BCUT2D eigenvalue weighted by Gasteiger charge is 2.25. The molecule has 0 amide bonds. The van der Waals surface area contributed by atoms with Crippen molar-refractivity contribution in [2.24, 2.45) is 0 Å². The van der Waals surface area contributed by atoms with Crippen molar-refractivity contribution in [2.75, 3.05) is 29.5 Å². The molecule has 1 heterocycles. The first-order valence-electron chi connectivity index (χ1n) is 5.31. The number of halogens is 2. The van der Waals surface area contributed by atoms with E-state index in [4.69, 9.17) is 5.26 Å². The van der Waals surface area contributed by atoms with Crippen molar-refractivity contribution in [3.8, 4) is 6.07 Å². The summed E-state index contributed by atoms with van der Waals surface area (Å²) in [7, 11) is -2.49. The monoisotopic (exact) mass is 334 g/mol. The van der Waals surface area contributed by atoms with Crippen LogP contribution in [-0.2, 0) is 0 Å². The summed E-state index contributed by atoms with van der Waals surface area (Å²) in [5.41, 5.74) is 0.633. The van der Waals surface area contributed by atoms with Crippen molar-refractivity contribution < 1.29 is 13.5 Å². The highest BCUT2D eigenvalue weighted by molar-refractivity contribution is 9.10. The van der Waals surface area contributed by atoms with Crippen LogP contribution in [0.25, 0.3) is 0 Å². The van der Waals surface area contributed by atoms with Gasteiger partial charge in [-0.1, -0.05) is 0 Å². The predicted molar refractivity (Wildman–Crippen MR) is 73.6 cm³/mol. The molecule has 1 saturated heterocycles. The van der Waals surface area contributed by atoms with E-state index in [-0.39, 0.29) is 21.5 Å². The Morgan fingerprint density at radius 1 is 1.33 bits per heavy atom. The second-order valence-corrected chi connectivity index (χ2v) is 7.28. The fourth-order valence-corrected chi connectivity index (χ4v) is 3.49. The van der Waals surface area contributed by atoms with Gasteiger partial charge in [0, 0.05) is 13.1 Å². The van der Waals surface area contributed by atoms with Crippen LogP contribution in [0.1, 0.15) is 5.56 Å². The highest BCUT2D eigenvalue weighted by Crippen LogP contribution is 2.42. The molecule has 0 atom stereocenters. The number of nitriles is 1. The molecule has 0 bridgehead atoms. The van der Waals surface area contributed by atoms with Crippen LogP contribution in [0.3, 0.4) is 0 Å². The third-order valence-corrected chi connectivity index (χ3v) is 5.35. The molecule has 0 unspecified atom stereocenters. The molecule has 7 heteroatoms. The maximum atomic E-state index is 14.1. The Bertz CT molecular complexity index is 509. The SMILES string of the molecule is N#Cc1ccc(N2CCS(O)(O)CC2)c(F)c1Br. The Morgan fingerprint density at radius 3 is 2.50 bits per heavy atom. The quantitative estimate of drug-likeness (QED) is 0.828. The fourth-order valence-electron chi connectivity index (χ4n) is 1.84. The Balaban J connectivity index is 2.26. The van der Waals surface area contributed by atoms with Crippen LogP contribution >= 0.6 is 26.5 Å². The molecular formula is C11H12BrFN2O2S. The van der Waals surface area contributed by atoms with Crippen LogP contribution in [-0.4, -0.2) is 33.7 Å². The number of hydrogen-bond donors (Lipinski definition) is 2. The lowest BCUT2D eigenvalue weighted by Crippen LogP contribution is -2.38. The number of anilines is 1. The molecular weight excluding hydrogens is 323 g/mol. The van der Waals surface area contributed by atoms with E-state index in [2.05, 4.69) is 15.9 Å². The summed E-state index contributed by atoms with van der Waals surface area (Å²) in [5.74, 6) is 0.0288. The van der Waals surface area contributed by atoms with Gasteiger partial charge < -0.3 is 4.90 Å². The zero-order valence-electron chi connectivity index (χ0n) is 9.44. The van der Waals surface area contributed by atoms with Crippen LogP contribution < -0.4 is 4.90 Å². The van der Waals surface area contributed by atoms with Crippen molar-refractivity contribution in [2.45, 2.75) is 0 Å². The topological polar surface area (TPSA) is 67.5 Å². The zero-order chi connectivity index (χ0) is 13.3. The Kier molecular flexibility index (Phi) is 3.82. The minimum absolute atomic E-state index is 0.152. The van der Waals surface area contributed by atoms with Gasteiger partial charge in [0.25, 0.3) is 0 Å². The number of nitrogens with zero attached hydrogens (tertiary/aromatic N) is 2. The van der Waals surface area contributed by atoms with Gasteiger partial charge in [-0.2, -0.15) is 15.9 Å². The largest absolute Gasteiger partial charge is 0.366 e. The first-order valence-corrected chi connectivity index (χ1v) is 7.99. The van der Waals surface area contributed by atoms with E-state index in [0.717, 1.165) is 0 Å². The molecule has 1 aliphatic heterocycles. The van der Waals surface area contributed by atoms with E-state index in [0.29, 0.717) is 18.8 Å². The Labute approximate surface area is 115 Å². The molecule has 18 heavy (non-hydrogen) atoms. The molecule has 0 radical (unpaired) electrons. The van der Waals surface area contributed by atoms with Gasteiger partial charge in [0.15, 0.2) is 5.82 Å². The molecule has 0 aromatic heterocycles. The second-order valence-electron chi connectivity index (χ2n) is 4.07. The van der Waals surface area contributed by atoms with Gasteiger partial charge in [0.1, 0.15) is 6.07 Å². The third-order valence-electron chi connectivity index (χ3n) is 2.90. The molecule has 98 valence electrons. The standard InChI is InChI=1S/C11H12BrFN2O2S/c12-10-8(7-14)1-2-9(11(10)13)15-3-5-18(16,17)6-4-15/h1-2,16-17H,3-6H2. The molecule has 1 aliphatic rings. The lowest BCUT2D eigenvalue weighted by molar-refractivity contribution is 0.478. The molecule has 2 rings (SSSR count). The minimum atomic E-state index is -2.49. The Morgan fingerprint density at radius 2 is 1.94 bits per heavy atom. The average Bonchev–Trinajstić information content (AvgIpc) is 2.33. The van der Waals surface area contributed by atoms with Crippen LogP contribution in [0.4, 0.5) is 10.1 Å². The first kappa shape index (κ1) is 13.6. The van der Waals surface area contributed by atoms with Crippen molar-refractivity contribution >= 4 is 32.2 Å². The lowest BCUT2D eigenvalue weighted by atomic mass is 10.2. The maximum absolute atomic E-state index is 14.1. The smallest absolute Gasteiger partial charge is 0.161 e. The van der Waals surface area contributed by atoms with Gasteiger partial charge in [0.2, 0.25) is 0 Å². The van der Waals surface area contributed by atoms with Gasteiger partial charge in [0.05, 0.1) is 27.2 Å². The summed E-state index contributed by atoms with van der Waals surface area (Å²) < 4.78 is 33.2. The molecule has 0 aliphatic carbocycles. The molecule has 2 N–H and O–H groups in total. The van der Waals surface area contributed by atoms with E-state index in [1.165, 1.54) is 0 Å². The first-order chi connectivity index (χ1) is 8.44. The van der Waals surface area contributed by atoms with Crippen molar-refractivity contribution in [1.82, 2.24) is 0 Å². The summed E-state index contributed by atoms with van der Waals surface area (Å²) in [6.45, 7) is 0.801. The normalized spacial score (nSPS) is 20.3. The van der Waals surface area contributed by atoms with Crippen molar-refractivity contribution in [3.05, 3.63) is 28.0 Å². The van der Waals surface area contributed by atoms with Crippen LogP contribution in [0.5, 0.6) is 0 Å². The fraction of sp³-hybridized carbons (Fsp3) is 0.364. The van der Waals surface area contributed by atoms with Gasteiger partial charge >= 0.3 is 0 Å². The van der Waals surface area contributed by atoms with Gasteiger partial charge in [-0.3, -0.25) is 9.11 Å².